The summed E-state index contributed by atoms with van der Waals surface area (Å²) in [7, 11) is 0. The van der Waals surface area contributed by atoms with Gasteiger partial charge in [-0.3, -0.25) is 0 Å². The van der Waals surface area contributed by atoms with Gasteiger partial charge in [0, 0.05) is 0 Å². The smallest absolute Gasteiger partial charge is 0.0417 e. The molecule has 0 aromatic rings. The van der Waals surface area contributed by atoms with Crippen LogP contribution >= 0.6 is 0 Å². The van der Waals surface area contributed by atoms with E-state index in [9.17, 15) is 0 Å². The molecule has 0 aliphatic heterocycles. The molecule has 0 radical (unpaired) electrons. The molecule has 0 aliphatic carbocycles. The lowest BCUT2D eigenvalue weighted by Crippen LogP contribution is -2.08. The first kappa shape index (κ1) is 36.0. The van der Waals surface area contributed by atoms with Gasteiger partial charge in [-0.25, -0.2) is 0 Å². The SMILES string of the molecule is CCCCCCCCCCCCCCCCC(C)C(C)CCCCCCCCCCCCCCCC. The second-order valence-corrected chi connectivity index (χ2v) is 12.7. The van der Waals surface area contributed by atoms with Gasteiger partial charge in [-0.2, -0.15) is 0 Å². The molecule has 0 spiro atoms. The van der Waals surface area contributed by atoms with Crippen molar-refractivity contribution in [3.8, 4) is 0 Å². The van der Waals surface area contributed by atoms with Gasteiger partial charge in [0.05, 0.1) is 0 Å². The molecule has 0 saturated carbocycles. The highest BCUT2D eigenvalue weighted by atomic mass is 14.2. The van der Waals surface area contributed by atoms with E-state index in [2.05, 4.69) is 27.7 Å². The summed E-state index contributed by atoms with van der Waals surface area (Å²) in [6.45, 7) is 9.67. The van der Waals surface area contributed by atoms with Gasteiger partial charge in [0.1, 0.15) is 0 Å². The maximum absolute atomic E-state index is 2.52. The molecule has 0 amide bonds. The molecule has 2 unspecified atom stereocenters. The zero-order chi connectivity index (χ0) is 26.4. The molecule has 0 nitrogen and oxygen atoms in total. The fourth-order valence-corrected chi connectivity index (χ4v) is 5.89. The van der Waals surface area contributed by atoms with E-state index in [4.69, 9.17) is 0 Å². The first-order valence-electron chi connectivity index (χ1n) is 17.7. The van der Waals surface area contributed by atoms with Crippen LogP contribution in [-0.2, 0) is 0 Å². The van der Waals surface area contributed by atoms with Gasteiger partial charge >= 0.3 is 0 Å². The Hall–Kier alpha value is 0. The first-order valence-corrected chi connectivity index (χ1v) is 17.7. The Balaban J connectivity index is 3.27. The Morgan fingerprint density at radius 3 is 0.611 bits per heavy atom. The van der Waals surface area contributed by atoms with Crippen LogP contribution in [0.5, 0.6) is 0 Å². The van der Waals surface area contributed by atoms with E-state index < -0.39 is 0 Å². The standard InChI is InChI=1S/C36H74/c1-5-7-9-11-13-15-17-19-21-23-25-27-29-31-33-35(3)36(4)34-32-30-28-26-24-22-20-18-16-14-12-10-8-6-2/h35-36H,5-34H2,1-4H3. The second-order valence-electron chi connectivity index (χ2n) is 12.7. The highest BCUT2D eigenvalue weighted by Gasteiger charge is 2.11. The van der Waals surface area contributed by atoms with E-state index in [-0.39, 0.29) is 0 Å². The van der Waals surface area contributed by atoms with E-state index in [0.29, 0.717) is 0 Å². The monoisotopic (exact) mass is 507 g/mol. The largest absolute Gasteiger partial charge is 0.0654 e. The van der Waals surface area contributed by atoms with Crippen molar-refractivity contribution in [3.05, 3.63) is 0 Å². The van der Waals surface area contributed by atoms with Crippen LogP contribution in [0, 0.1) is 11.8 Å². The van der Waals surface area contributed by atoms with Gasteiger partial charge in [0.2, 0.25) is 0 Å². The fourth-order valence-electron chi connectivity index (χ4n) is 5.89. The first-order chi connectivity index (χ1) is 17.7. The zero-order valence-corrected chi connectivity index (χ0v) is 26.4. The molecule has 0 rings (SSSR count). The van der Waals surface area contributed by atoms with E-state index >= 15 is 0 Å². The van der Waals surface area contributed by atoms with Gasteiger partial charge in [-0.15, -0.1) is 0 Å². The van der Waals surface area contributed by atoms with Crippen molar-refractivity contribution in [1.82, 2.24) is 0 Å². The predicted octanol–water partition coefficient (Wildman–Crippen LogP) is 14.0. The molecule has 0 heterocycles. The molecular formula is C36H74. The maximum Gasteiger partial charge on any atom is -0.0417 e. The van der Waals surface area contributed by atoms with Crippen LogP contribution in [0.3, 0.4) is 0 Å². The lowest BCUT2D eigenvalue weighted by atomic mass is 9.86. The normalized spacial score (nSPS) is 13.3. The summed E-state index contributed by atoms with van der Waals surface area (Å²) in [6, 6.07) is 0. The molecule has 0 fully saturated rings. The van der Waals surface area contributed by atoms with Crippen molar-refractivity contribution >= 4 is 0 Å². The fraction of sp³-hybridized carbons (Fsp3) is 1.00. The van der Waals surface area contributed by atoms with Crippen molar-refractivity contribution in [2.45, 2.75) is 220 Å². The average Bonchev–Trinajstić information content (AvgIpc) is 2.88. The van der Waals surface area contributed by atoms with Crippen molar-refractivity contribution < 1.29 is 0 Å². The molecular weight excluding hydrogens is 432 g/mol. The van der Waals surface area contributed by atoms with Gasteiger partial charge in [-0.05, 0) is 11.8 Å². The molecule has 0 aromatic heterocycles. The molecule has 0 aliphatic rings. The predicted molar refractivity (Wildman–Crippen MR) is 168 cm³/mol. The lowest BCUT2D eigenvalue weighted by molar-refractivity contribution is 0.322. The van der Waals surface area contributed by atoms with Crippen molar-refractivity contribution in [1.29, 1.82) is 0 Å². The van der Waals surface area contributed by atoms with Crippen LogP contribution in [0.15, 0.2) is 0 Å². The molecule has 2 atom stereocenters. The molecule has 0 saturated heterocycles. The maximum atomic E-state index is 2.52. The van der Waals surface area contributed by atoms with Crippen LogP contribution in [0.25, 0.3) is 0 Å². The lowest BCUT2D eigenvalue weighted by Gasteiger charge is -2.19. The molecule has 0 bridgehead atoms. The Morgan fingerprint density at radius 2 is 0.417 bits per heavy atom. The van der Waals surface area contributed by atoms with Crippen LogP contribution in [-0.4, -0.2) is 0 Å². The Labute approximate surface area is 232 Å². The third kappa shape index (κ3) is 28.6. The van der Waals surface area contributed by atoms with Gasteiger partial charge in [0.15, 0.2) is 0 Å². The summed E-state index contributed by atoms with van der Waals surface area (Å²) in [6.07, 6.45) is 44.1. The van der Waals surface area contributed by atoms with Gasteiger partial charge in [0.25, 0.3) is 0 Å². The van der Waals surface area contributed by atoms with Crippen molar-refractivity contribution in [3.63, 3.8) is 0 Å². The van der Waals surface area contributed by atoms with Gasteiger partial charge in [-0.1, -0.05) is 220 Å². The van der Waals surface area contributed by atoms with Gasteiger partial charge < -0.3 is 0 Å². The summed E-state index contributed by atoms with van der Waals surface area (Å²) >= 11 is 0. The Morgan fingerprint density at radius 1 is 0.250 bits per heavy atom. The van der Waals surface area contributed by atoms with E-state index in [1.165, 1.54) is 193 Å². The number of rotatable bonds is 31. The van der Waals surface area contributed by atoms with E-state index in [1.54, 1.807) is 0 Å². The van der Waals surface area contributed by atoms with E-state index in [1.807, 2.05) is 0 Å². The Kier molecular flexibility index (Phi) is 31.2. The molecule has 36 heavy (non-hydrogen) atoms. The Bertz CT molecular complexity index is 336. The third-order valence-corrected chi connectivity index (χ3v) is 9.00. The zero-order valence-electron chi connectivity index (χ0n) is 26.4. The minimum atomic E-state index is 0.935. The van der Waals surface area contributed by atoms with Crippen LogP contribution in [0.4, 0.5) is 0 Å². The quantitative estimate of drug-likeness (QED) is 0.0820. The van der Waals surface area contributed by atoms with Crippen LogP contribution < -0.4 is 0 Å². The molecule has 0 N–H and O–H groups in total. The minimum absolute atomic E-state index is 0.935. The third-order valence-electron chi connectivity index (χ3n) is 9.00. The molecule has 218 valence electrons. The number of unbranched alkanes of at least 4 members (excludes halogenated alkanes) is 26. The molecule has 0 aromatic carbocycles. The second kappa shape index (κ2) is 31.2. The summed E-state index contributed by atoms with van der Waals surface area (Å²) < 4.78 is 0. The highest BCUT2D eigenvalue weighted by molar-refractivity contribution is 4.63. The summed E-state index contributed by atoms with van der Waals surface area (Å²) in [5, 5.41) is 0. The van der Waals surface area contributed by atoms with Crippen molar-refractivity contribution in [2.75, 3.05) is 0 Å². The van der Waals surface area contributed by atoms with Crippen LogP contribution in [0.2, 0.25) is 0 Å². The minimum Gasteiger partial charge on any atom is -0.0654 e. The van der Waals surface area contributed by atoms with Crippen LogP contribution in [0.1, 0.15) is 220 Å². The summed E-state index contributed by atoms with van der Waals surface area (Å²) in [5.41, 5.74) is 0. The summed E-state index contributed by atoms with van der Waals surface area (Å²) in [5.74, 6) is 1.87. The van der Waals surface area contributed by atoms with E-state index in [0.717, 1.165) is 11.8 Å². The average molecular weight is 507 g/mol. The highest BCUT2D eigenvalue weighted by Crippen LogP contribution is 2.24. The summed E-state index contributed by atoms with van der Waals surface area (Å²) in [4.78, 5) is 0. The van der Waals surface area contributed by atoms with Crippen molar-refractivity contribution in [2.24, 2.45) is 11.8 Å². The topological polar surface area (TPSA) is 0 Å². The number of hydrogen-bond donors (Lipinski definition) is 0. The number of hydrogen-bond acceptors (Lipinski definition) is 0. The molecule has 0 heteroatoms.